The van der Waals surface area contributed by atoms with Crippen molar-refractivity contribution < 1.29 is 14.6 Å². The maximum absolute atomic E-state index is 11.4. The number of carboxylic acids is 1. The van der Waals surface area contributed by atoms with E-state index in [0.717, 1.165) is 22.2 Å². The van der Waals surface area contributed by atoms with Gasteiger partial charge >= 0.3 is 5.97 Å². The van der Waals surface area contributed by atoms with Crippen LogP contribution < -0.4 is 4.74 Å². The van der Waals surface area contributed by atoms with Gasteiger partial charge in [0.15, 0.2) is 0 Å². The van der Waals surface area contributed by atoms with Crippen molar-refractivity contribution >= 4 is 16.9 Å². The summed E-state index contributed by atoms with van der Waals surface area (Å²) >= 11 is 0. The second-order valence-corrected chi connectivity index (χ2v) is 4.79. The zero-order valence-electron chi connectivity index (χ0n) is 11.7. The number of ether oxygens (including phenoxy) is 1. The van der Waals surface area contributed by atoms with Crippen molar-refractivity contribution in [3.8, 4) is 16.9 Å². The number of pyridine rings is 1. The Morgan fingerprint density at radius 1 is 1.29 bits per heavy atom. The van der Waals surface area contributed by atoms with Crippen LogP contribution in [0, 0.1) is 6.92 Å². The third-order valence-corrected chi connectivity index (χ3v) is 3.43. The standard InChI is InChI=1S/C16H14N2O3/c1-9-5-11(13(8-18-9)16(19)20)12-7-14-10(3-4-17-14)6-15(12)21-2/h3-8,17H,1-2H3,(H,19,20). The molecule has 2 aromatic heterocycles. The number of aryl methyl sites for hydroxylation is 1. The molecule has 3 aromatic rings. The molecular formula is C16H14N2O3. The molecule has 0 aliphatic carbocycles. The molecule has 0 aliphatic heterocycles. The van der Waals surface area contributed by atoms with E-state index in [1.54, 1.807) is 13.2 Å². The van der Waals surface area contributed by atoms with Gasteiger partial charge in [0.1, 0.15) is 5.75 Å². The first-order valence-electron chi connectivity index (χ1n) is 6.45. The Kier molecular flexibility index (Phi) is 3.10. The molecule has 3 rings (SSSR count). The van der Waals surface area contributed by atoms with Gasteiger partial charge in [-0.1, -0.05) is 0 Å². The van der Waals surface area contributed by atoms with Crippen LogP contribution in [0.2, 0.25) is 0 Å². The molecule has 2 N–H and O–H groups in total. The lowest BCUT2D eigenvalue weighted by atomic mass is 9.98. The van der Waals surface area contributed by atoms with E-state index in [1.165, 1.54) is 6.20 Å². The molecule has 5 heteroatoms. The Bertz CT molecular complexity index is 837. The van der Waals surface area contributed by atoms with Crippen LogP contribution >= 0.6 is 0 Å². The maximum Gasteiger partial charge on any atom is 0.337 e. The van der Waals surface area contributed by atoms with Crippen molar-refractivity contribution in [1.29, 1.82) is 0 Å². The van der Waals surface area contributed by atoms with Crippen molar-refractivity contribution in [3.05, 3.63) is 47.9 Å². The van der Waals surface area contributed by atoms with Crippen LogP contribution in [0.4, 0.5) is 0 Å². The Morgan fingerprint density at radius 2 is 2.10 bits per heavy atom. The van der Waals surface area contributed by atoms with Crippen LogP contribution in [0.25, 0.3) is 22.0 Å². The van der Waals surface area contributed by atoms with E-state index in [1.807, 2.05) is 31.3 Å². The number of H-pyrrole nitrogens is 1. The minimum Gasteiger partial charge on any atom is -0.496 e. The topological polar surface area (TPSA) is 75.2 Å². The molecule has 0 unspecified atom stereocenters. The van der Waals surface area contributed by atoms with Crippen molar-refractivity contribution in [1.82, 2.24) is 9.97 Å². The predicted octanol–water partition coefficient (Wildman–Crippen LogP) is 3.25. The third kappa shape index (κ3) is 2.23. The molecule has 0 radical (unpaired) electrons. The number of rotatable bonds is 3. The quantitative estimate of drug-likeness (QED) is 0.773. The minimum atomic E-state index is -1.01. The lowest BCUT2D eigenvalue weighted by Crippen LogP contribution is -2.02. The van der Waals surface area contributed by atoms with E-state index >= 15 is 0 Å². The smallest absolute Gasteiger partial charge is 0.337 e. The van der Waals surface area contributed by atoms with E-state index in [0.29, 0.717) is 11.3 Å². The van der Waals surface area contributed by atoms with Gasteiger partial charge < -0.3 is 14.8 Å². The predicted molar refractivity (Wildman–Crippen MR) is 79.8 cm³/mol. The largest absolute Gasteiger partial charge is 0.496 e. The van der Waals surface area contributed by atoms with Crippen LogP contribution in [0.1, 0.15) is 16.1 Å². The number of nitrogens with one attached hydrogen (secondary N) is 1. The number of aromatic amines is 1. The molecule has 0 aliphatic rings. The number of methoxy groups -OCH3 is 1. The fraction of sp³-hybridized carbons (Fsp3) is 0.125. The summed E-state index contributed by atoms with van der Waals surface area (Å²) in [5.41, 5.74) is 3.17. The summed E-state index contributed by atoms with van der Waals surface area (Å²) in [5, 5.41) is 10.4. The van der Waals surface area contributed by atoms with Gasteiger partial charge in [-0.05, 0) is 31.2 Å². The molecule has 0 fully saturated rings. The summed E-state index contributed by atoms with van der Waals surface area (Å²) < 4.78 is 5.42. The molecule has 0 atom stereocenters. The van der Waals surface area contributed by atoms with Crippen LogP contribution in [0.3, 0.4) is 0 Å². The first-order chi connectivity index (χ1) is 10.1. The van der Waals surface area contributed by atoms with Crippen LogP contribution in [-0.4, -0.2) is 28.2 Å². The number of hydrogen-bond acceptors (Lipinski definition) is 3. The molecule has 1 aromatic carbocycles. The van der Waals surface area contributed by atoms with Crippen molar-refractivity contribution in [2.45, 2.75) is 6.92 Å². The summed E-state index contributed by atoms with van der Waals surface area (Å²) in [7, 11) is 1.58. The Hall–Kier alpha value is -2.82. The summed E-state index contributed by atoms with van der Waals surface area (Å²) in [6, 6.07) is 7.49. The van der Waals surface area contributed by atoms with E-state index < -0.39 is 5.97 Å². The SMILES string of the molecule is COc1cc2cc[nH]c2cc1-c1cc(C)ncc1C(=O)O. The Balaban J connectivity index is 2.33. The highest BCUT2D eigenvalue weighted by molar-refractivity contribution is 5.99. The molecule has 0 spiro atoms. The number of fused-ring (bicyclic) bond motifs is 1. The Morgan fingerprint density at radius 3 is 2.81 bits per heavy atom. The lowest BCUT2D eigenvalue weighted by Gasteiger charge is -2.12. The summed E-state index contributed by atoms with van der Waals surface area (Å²) in [4.78, 5) is 18.6. The molecule has 21 heavy (non-hydrogen) atoms. The molecule has 0 bridgehead atoms. The van der Waals surface area contributed by atoms with Crippen molar-refractivity contribution in [2.24, 2.45) is 0 Å². The number of carbonyl (C=O) groups is 1. The minimum absolute atomic E-state index is 0.157. The van der Waals surface area contributed by atoms with E-state index in [9.17, 15) is 9.90 Å². The number of nitrogens with zero attached hydrogens (tertiary/aromatic N) is 1. The highest BCUT2D eigenvalue weighted by Crippen LogP contribution is 2.35. The van der Waals surface area contributed by atoms with Crippen LogP contribution in [0.15, 0.2) is 36.7 Å². The van der Waals surface area contributed by atoms with Crippen molar-refractivity contribution in [3.63, 3.8) is 0 Å². The molecule has 2 heterocycles. The zero-order chi connectivity index (χ0) is 15.0. The van der Waals surface area contributed by atoms with E-state index in [4.69, 9.17) is 4.74 Å². The maximum atomic E-state index is 11.4. The summed E-state index contributed by atoms with van der Waals surface area (Å²) in [6.45, 7) is 1.83. The van der Waals surface area contributed by atoms with Gasteiger partial charge in [0.2, 0.25) is 0 Å². The van der Waals surface area contributed by atoms with Crippen molar-refractivity contribution in [2.75, 3.05) is 7.11 Å². The van der Waals surface area contributed by atoms with E-state index in [2.05, 4.69) is 9.97 Å². The second kappa shape index (κ2) is 4.94. The average Bonchev–Trinajstić information content (AvgIpc) is 2.92. The molecule has 0 saturated heterocycles. The van der Waals surface area contributed by atoms with Gasteiger partial charge in [0.05, 0.1) is 12.7 Å². The molecule has 0 saturated carbocycles. The molecular weight excluding hydrogens is 268 g/mol. The van der Waals surface area contributed by atoms with Crippen LogP contribution in [0.5, 0.6) is 5.75 Å². The first kappa shape index (κ1) is 13.2. The summed E-state index contributed by atoms with van der Waals surface area (Å²) in [5.74, 6) is -0.374. The Labute approximate surface area is 121 Å². The van der Waals surface area contributed by atoms with Gasteiger partial charge in [-0.3, -0.25) is 4.98 Å². The highest BCUT2D eigenvalue weighted by atomic mass is 16.5. The van der Waals surface area contributed by atoms with Gasteiger partial charge in [-0.15, -0.1) is 0 Å². The number of aromatic nitrogens is 2. The van der Waals surface area contributed by atoms with Gasteiger partial charge in [-0.25, -0.2) is 4.79 Å². The monoisotopic (exact) mass is 282 g/mol. The fourth-order valence-corrected chi connectivity index (χ4v) is 2.41. The van der Waals surface area contributed by atoms with E-state index in [-0.39, 0.29) is 5.56 Å². The number of carboxylic acid groups (broad SMARTS) is 1. The van der Waals surface area contributed by atoms with Crippen LogP contribution in [-0.2, 0) is 0 Å². The average molecular weight is 282 g/mol. The molecule has 106 valence electrons. The number of hydrogen-bond donors (Lipinski definition) is 2. The number of benzene rings is 1. The molecule has 0 amide bonds. The second-order valence-electron chi connectivity index (χ2n) is 4.79. The normalized spacial score (nSPS) is 10.8. The van der Waals surface area contributed by atoms with Gasteiger partial charge in [0, 0.05) is 40.1 Å². The van der Waals surface area contributed by atoms with Gasteiger partial charge in [0.25, 0.3) is 0 Å². The zero-order valence-corrected chi connectivity index (χ0v) is 11.7. The van der Waals surface area contributed by atoms with Gasteiger partial charge in [-0.2, -0.15) is 0 Å². The number of aromatic carboxylic acids is 1. The first-order valence-corrected chi connectivity index (χ1v) is 6.45. The third-order valence-electron chi connectivity index (χ3n) is 3.43. The fourth-order valence-electron chi connectivity index (χ4n) is 2.41. The summed E-state index contributed by atoms with van der Waals surface area (Å²) in [6.07, 6.45) is 3.22. The lowest BCUT2D eigenvalue weighted by molar-refractivity contribution is 0.0697. The highest BCUT2D eigenvalue weighted by Gasteiger charge is 2.17. The molecule has 5 nitrogen and oxygen atoms in total.